The number of nitrogens with one attached hydrogen (secondary N) is 1. The van der Waals surface area contributed by atoms with E-state index in [1.165, 1.54) is 7.11 Å². The average molecular weight is 238 g/mol. The van der Waals surface area contributed by atoms with Crippen LogP contribution in [-0.4, -0.2) is 31.7 Å². The van der Waals surface area contributed by atoms with Crippen molar-refractivity contribution < 1.29 is 14.6 Å². The molecule has 0 spiro atoms. The van der Waals surface area contributed by atoms with Gasteiger partial charge in [0.1, 0.15) is 0 Å². The Morgan fingerprint density at radius 3 is 2.76 bits per heavy atom. The number of phenolic OH excluding ortho intramolecular Hbond substituents is 1. The standard InChI is InChI=1S/C12H18N2O3/c1-14-12(16)9(7-13)5-8-3-4-11(17-2)10(15)6-8/h3-4,6,9,15H,5,7,13H2,1-2H3,(H,14,16). The van der Waals surface area contributed by atoms with Crippen LogP contribution < -0.4 is 15.8 Å². The molecule has 1 aromatic carbocycles. The molecule has 0 radical (unpaired) electrons. The van der Waals surface area contributed by atoms with Crippen molar-refractivity contribution in [2.75, 3.05) is 20.7 Å². The average Bonchev–Trinajstić information content (AvgIpc) is 2.35. The van der Waals surface area contributed by atoms with Crippen molar-refractivity contribution in [2.24, 2.45) is 11.7 Å². The van der Waals surface area contributed by atoms with E-state index in [1.807, 2.05) is 6.07 Å². The van der Waals surface area contributed by atoms with E-state index in [0.29, 0.717) is 12.2 Å². The molecule has 17 heavy (non-hydrogen) atoms. The second-order valence-electron chi connectivity index (χ2n) is 3.76. The van der Waals surface area contributed by atoms with Gasteiger partial charge >= 0.3 is 0 Å². The second kappa shape index (κ2) is 6.10. The summed E-state index contributed by atoms with van der Waals surface area (Å²) in [6.07, 6.45) is 0.494. The Labute approximate surface area is 101 Å². The van der Waals surface area contributed by atoms with E-state index in [4.69, 9.17) is 10.5 Å². The Kier molecular flexibility index (Phi) is 4.78. The van der Waals surface area contributed by atoms with E-state index >= 15 is 0 Å². The smallest absolute Gasteiger partial charge is 0.224 e. The quantitative estimate of drug-likeness (QED) is 0.687. The maximum absolute atomic E-state index is 11.5. The van der Waals surface area contributed by atoms with E-state index in [2.05, 4.69) is 5.32 Å². The molecule has 1 aromatic rings. The zero-order valence-corrected chi connectivity index (χ0v) is 10.1. The van der Waals surface area contributed by atoms with E-state index in [-0.39, 0.29) is 24.1 Å². The minimum absolute atomic E-state index is 0.0673. The maximum atomic E-state index is 11.5. The molecule has 0 heterocycles. The first-order chi connectivity index (χ1) is 8.12. The Morgan fingerprint density at radius 2 is 2.29 bits per heavy atom. The van der Waals surface area contributed by atoms with Crippen molar-refractivity contribution in [1.29, 1.82) is 0 Å². The van der Waals surface area contributed by atoms with Crippen LogP contribution in [0.15, 0.2) is 18.2 Å². The highest BCUT2D eigenvalue weighted by Crippen LogP contribution is 2.27. The lowest BCUT2D eigenvalue weighted by atomic mass is 9.98. The third-order valence-corrected chi connectivity index (χ3v) is 2.63. The van der Waals surface area contributed by atoms with Gasteiger partial charge in [-0.1, -0.05) is 6.07 Å². The fourth-order valence-corrected chi connectivity index (χ4v) is 1.63. The van der Waals surface area contributed by atoms with Crippen molar-refractivity contribution in [1.82, 2.24) is 5.32 Å². The molecule has 1 unspecified atom stereocenters. The van der Waals surface area contributed by atoms with Gasteiger partial charge in [-0.3, -0.25) is 4.79 Å². The summed E-state index contributed by atoms with van der Waals surface area (Å²) in [5, 5.41) is 12.2. The van der Waals surface area contributed by atoms with Gasteiger partial charge < -0.3 is 20.9 Å². The first kappa shape index (κ1) is 13.3. The Balaban J connectivity index is 2.80. The number of phenols is 1. The molecular formula is C12H18N2O3. The lowest BCUT2D eigenvalue weighted by Gasteiger charge is -2.13. The number of carbonyl (C=O) groups excluding carboxylic acids is 1. The number of aromatic hydroxyl groups is 1. The Bertz CT molecular complexity index is 393. The van der Waals surface area contributed by atoms with Gasteiger partial charge in [-0.25, -0.2) is 0 Å². The molecule has 0 aliphatic carbocycles. The minimum atomic E-state index is -0.284. The molecule has 1 amide bonds. The summed E-state index contributed by atoms with van der Waals surface area (Å²) in [7, 11) is 3.07. The summed E-state index contributed by atoms with van der Waals surface area (Å²) >= 11 is 0. The number of benzene rings is 1. The van der Waals surface area contributed by atoms with Crippen molar-refractivity contribution in [3.63, 3.8) is 0 Å². The second-order valence-corrected chi connectivity index (χ2v) is 3.76. The number of nitrogens with two attached hydrogens (primary N) is 1. The fourth-order valence-electron chi connectivity index (χ4n) is 1.63. The molecule has 0 fully saturated rings. The number of carbonyl (C=O) groups is 1. The predicted octanol–water partition coefficient (Wildman–Crippen LogP) is 0.264. The minimum Gasteiger partial charge on any atom is -0.504 e. The van der Waals surface area contributed by atoms with Crippen LogP contribution in [0.1, 0.15) is 5.56 Å². The zero-order valence-electron chi connectivity index (χ0n) is 10.1. The third-order valence-electron chi connectivity index (χ3n) is 2.63. The van der Waals surface area contributed by atoms with Crippen molar-refractivity contribution in [2.45, 2.75) is 6.42 Å². The number of amides is 1. The maximum Gasteiger partial charge on any atom is 0.224 e. The molecular weight excluding hydrogens is 220 g/mol. The van der Waals surface area contributed by atoms with Crippen LogP contribution in [0.3, 0.4) is 0 Å². The lowest BCUT2D eigenvalue weighted by Crippen LogP contribution is -2.34. The molecule has 1 atom stereocenters. The molecule has 4 N–H and O–H groups in total. The molecule has 1 rings (SSSR count). The number of hydrogen-bond donors (Lipinski definition) is 3. The summed E-state index contributed by atoms with van der Waals surface area (Å²) in [4.78, 5) is 11.5. The molecule has 5 heteroatoms. The molecule has 94 valence electrons. The van der Waals surface area contributed by atoms with Crippen LogP contribution >= 0.6 is 0 Å². The van der Waals surface area contributed by atoms with E-state index in [1.54, 1.807) is 19.2 Å². The number of hydrogen-bond acceptors (Lipinski definition) is 4. The summed E-state index contributed by atoms with van der Waals surface area (Å²) in [5.41, 5.74) is 6.39. The summed E-state index contributed by atoms with van der Waals surface area (Å²) in [6, 6.07) is 5.07. The molecule has 0 saturated carbocycles. The molecule has 0 aliphatic rings. The van der Waals surface area contributed by atoms with Crippen LogP contribution in [0.4, 0.5) is 0 Å². The van der Waals surface area contributed by atoms with Gasteiger partial charge in [-0.15, -0.1) is 0 Å². The Morgan fingerprint density at radius 1 is 1.59 bits per heavy atom. The summed E-state index contributed by atoms with van der Waals surface area (Å²) in [6.45, 7) is 0.270. The van der Waals surface area contributed by atoms with Gasteiger partial charge in [0, 0.05) is 13.6 Å². The van der Waals surface area contributed by atoms with Crippen molar-refractivity contribution >= 4 is 5.91 Å². The molecule has 0 aromatic heterocycles. The van der Waals surface area contributed by atoms with Crippen LogP contribution in [0, 0.1) is 5.92 Å². The normalized spacial score (nSPS) is 11.9. The topological polar surface area (TPSA) is 84.6 Å². The number of ether oxygens (including phenoxy) is 1. The van der Waals surface area contributed by atoms with Crippen molar-refractivity contribution in [3.05, 3.63) is 23.8 Å². The van der Waals surface area contributed by atoms with Crippen molar-refractivity contribution in [3.8, 4) is 11.5 Å². The third kappa shape index (κ3) is 3.35. The Hall–Kier alpha value is -1.75. The SMILES string of the molecule is CNC(=O)C(CN)Cc1ccc(OC)c(O)c1. The van der Waals surface area contributed by atoms with Gasteiger partial charge in [0.25, 0.3) is 0 Å². The summed E-state index contributed by atoms with van der Waals surface area (Å²) < 4.78 is 4.95. The molecule has 0 aliphatic heterocycles. The number of rotatable bonds is 5. The van der Waals surface area contributed by atoms with E-state index in [0.717, 1.165) is 5.56 Å². The highest BCUT2D eigenvalue weighted by molar-refractivity contribution is 5.78. The summed E-state index contributed by atoms with van der Waals surface area (Å²) in [5.74, 6) is 0.103. The van der Waals surface area contributed by atoms with Gasteiger partial charge in [-0.2, -0.15) is 0 Å². The van der Waals surface area contributed by atoms with E-state index < -0.39 is 0 Å². The highest BCUT2D eigenvalue weighted by atomic mass is 16.5. The van der Waals surface area contributed by atoms with Gasteiger partial charge in [0.2, 0.25) is 5.91 Å². The van der Waals surface area contributed by atoms with Gasteiger partial charge in [0.05, 0.1) is 13.0 Å². The monoisotopic (exact) mass is 238 g/mol. The first-order valence-corrected chi connectivity index (χ1v) is 5.40. The largest absolute Gasteiger partial charge is 0.504 e. The van der Waals surface area contributed by atoms with Crippen LogP contribution in [0.2, 0.25) is 0 Å². The first-order valence-electron chi connectivity index (χ1n) is 5.40. The number of methoxy groups -OCH3 is 1. The molecule has 0 bridgehead atoms. The van der Waals surface area contributed by atoms with Crippen LogP contribution in [0.25, 0.3) is 0 Å². The van der Waals surface area contributed by atoms with Gasteiger partial charge in [0.15, 0.2) is 11.5 Å². The van der Waals surface area contributed by atoms with Gasteiger partial charge in [-0.05, 0) is 24.1 Å². The zero-order chi connectivity index (χ0) is 12.8. The molecule has 5 nitrogen and oxygen atoms in total. The molecule has 0 saturated heterocycles. The predicted molar refractivity (Wildman–Crippen MR) is 65.0 cm³/mol. The lowest BCUT2D eigenvalue weighted by molar-refractivity contribution is -0.124. The highest BCUT2D eigenvalue weighted by Gasteiger charge is 2.16. The fraction of sp³-hybridized carbons (Fsp3) is 0.417. The van der Waals surface area contributed by atoms with Crippen LogP contribution in [0.5, 0.6) is 11.5 Å². The van der Waals surface area contributed by atoms with Crippen LogP contribution in [-0.2, 0) is 11.2 Å². The van der Waals surface area contributed by atoms with E-state index in [9.17, 15) is 9.90 Å².